The minimum atomic E-state index is 0.520. The number of hydrogen-bond donors (Lipinski definition) is 0. The van der Waals surface area contributed by atoms with Crippen LogP contribution < -0.4 is 0 Å². The normalized spacial score (nSPS) is 11.9. The Morgan fingerprint density at radius 3 is 2.15 bits per heavy atom. The lowest BCUT2D eigenvalue weighted by atomic mass is 9.94. The molecule has 48 heavy (non-hydrogen) atoms. The van der Waals surface area contributed by atoms with Gasteiger partial charge in [0.25, 0.3) is 0 Å². The smallest absolute Gasteiger partial charge is 0.166 e. The molecule has 0 aliphatic rings. The Balaban J connectivity index is 1.35. The summed E-state index contributed by atoms with van der Waals surface area (Å²) in [5, 5.41) is 10.2. The van der Waals surface area contributed by atoms with E-state index in [1.807, 2.05) is 37.4 Å². The average molecular weight is 617 g/mol. The highest BCUT2D eigenvalue weighted by atomic mass is 16.3. The summed E-state index contributed by atoms with van der Waals surface area (Å²) in [6.45, 7) is 5.97. The molecule has 0 saturated heterocycles. The predicted molar refractivity (Wildman–Crippen MR) is 199 cm³/mol. The quantitative estimate of drug-likeness (QED) is 0.180. The van der Waals surface area contributed by atoms with Crippen molar-refractivity contribution in [3.05, 3.63) is 146 Å². The summed E-state index contributed by atoms with van der Waals surface area (Å²) in [7, 11) is 0. The van der Waals surface area contributed by atoms with Crippen LogP contribution in [0, 0.1) is 0 Å². The largest absolute Gasteiger partial charge is 0.454 e. The van der Waals surface area contributed by atoms with E-state index in [1.54, 1.807) is 12.3 Å². The van der Waals surface area contributed by atoms with Crippen molar-refractivity contribution in [2.24, 2.45) is 0 Å². The number of hydrogen-bond acceptors (Lipinski definition) is 5. The molecule has 0 radical (unpaired) electrons. The second kappa shape index (κ2) is 11.1. The van der Waals surface area contributed by atoms with Crippen LogP contribution in [0.25, 0.3) is 100 Å². The summed E-state index contributed by atoms with van der Waals surface area (Å²) in [6, 6.07) is 38.3. The zero-order chi connectivity index (χ0) is 32.2. The van der Waals surface area contributed by atoms with Crippen molar-refractivity contribution in [1.29, 1.82) is 0 Å². The summed E-state index contributed by atoms with van der Waals surface area (Å²) >= 11 is 0. The number of furan rings is 1. The average Bonchev–Trinajstić information content (AvgIpc) is 3.51. The first kappa shape index (κ1) is 27.8. The third-order valence-electron chi connectivity index (χ3n) is 9.08. The Bertz CT molecular complexity index is 2770. The Kier molecular flexibility index (Phi) is 6.44. The minimum absolute atomic E-state index is 0.520. The fourth-order valence-electron chi connectivity index (χ4n) is 6.88. The van der Waals surface area contributed by atoms with Crippen LogP contribution in [0.1, 0.15) is 18.2 Å². The number of rotatable bonds is 5. The number of benzene rings is 6. The van der Waals surface area contributed by atoms with Gasteiger partial charge < -0.3 is 4.42 Å². The van der Waals surface area contributed by atoms with Crippen LogP contribution in [0.2, 0.25) is 0 Å². The van der Waals surface area contributed by atoms with Crippen molar-refractivity contribution in [3.63, 3.8) is 0 Å². The number of aromatic nitrogens is 4. The zero-order valence-corrected chi connectivity index (χ0v) is 26.2. The SMILES string of the molecule is C=Cc1oc2cncc(-c3nc(-c4ccc5ccccc5c4)nc(-c4cccc5c4ccc4ccc6ccccc6c45)n3)c2c1/C=C\C. The summed E-state index contributed by atoms with van der Waals surface area (Å²) in [5.41, 5.74) is 4.16. The molecule has 0 aliphatic carbocycles. The summed E-state index contributed by atoms with van der Waals surface area (Å²) < 4.78 is 6.17. The van der Waals surface area contributed by atoms with E-state index in [-0.39, 0.29) is 0 Å². The number of pyridine rings is 1. The van der Waals surface area contributed by atoms with Crippen LogP contribution in [0.15, 0.2) is 139 Å². The topological polar surface area (TPSA) is 64.7 Å². The van der Waals surface area contributed by atoms with E-state index in [1.165, 1.54) is 21.5 Å². The van der Waals surface area contributed by atoms with Gasteiger partial charge in [-0.2, -0.15) is 0 Å². The molecule has 3 heterocycles. The van der Waals surface area contributed by atoms with Crippen molar-refractivity contribution in [3.8, 4) is 34.2 Å². The number of nitrogens with zero attached hydrogens (tertiary/aromatic N) is 4. The fourth-order valence-corrected chi connectivity index (χ4v) is 6.88. The third kappa shape index (κ3) is 4.40. The van der Waals surface area contributed by atoms with Crippen molar-refractivity contribution in [1.82, 2.24) is 19.9 Å². The Hall–Kier alpha value is -6.46. The maximum atomic E-state index is 6.17. The van der Waals surface area contributed by atoms with Gasteiger partial charge in [-0.15, -0.1) is 0 Å². The molecule has 0 saturated carbocycles. The van der Waals surface area contributed by atoms with E-state index in [4.69, 9.17) is 19.4 Å². The molecule has 0 spiro atoms. The monoisotopic (exact) mass is 616 g/mol. The highest BCUT2D eigenvalue weighted by Gasteiger charge is 2.21. The van der Waals surface area contributed by atoms with Gasteiger partial charge in [0.15, 0.2) is 23.1 Å². The lowest BCUT2D eigenvalue weighted by molar-refractivity contribution is 0.602. The minimum Gasteiger partial charge on any atom is -0.454 e. The van der Waals surface area contributed by atoms with Crippen molar-refractivity contribution in [2.75, 3.05) is 0 Å². The Morgan fingerprint density at radius 2 is 1.29 bits per heavy atom. The van der Waals surface area contributed by atoms with E-state index >= 15 is 0 Å². The first-order valence-electron chi connectivity index (χ1n) is 15.9. The Labute approximate surface area is 276 Å². The van der Waals surface area contributed by atoms with Gasteiger partial charge >= 0.3 is 0 Å². The van der Waals surface area contributed by atoms with E-state index in [0.717, 1.165) is 49.2 Å². The van der Waals surface area contributed by atoms with Crippen LogP contribution in [-0.4, -0.2) is 19.9 Å². The van der Waals surface area contributed by atoms with Gasteiger partial charge in [0.1, 0.15) is 5.76 Å². The number of fused-ring (bicyclic) bond motifs is 7. The van der Waals surface area contributed by atoms with Gasteiger partial charge in [-0.25, -0.2) is 15.0 Å². The molecule has 0 unspecified atom stereocenters. The summed E-state index contributed by atoms with van der Waals surface area (Å²) in [4.78, 5) is 20.0. The maximum absolute atomic E-state index is 6.17. The summed E-state index contributed by atoms with van der Waals surface area (Å²) in [6.07, 6.45) is 9.28. The van der Waals surface area contributed by atoms with Crippen LogP contribution in [0.5, 0.6) is 0 Å². The second-order valence-corrected chi connectivity index (χ2v) is 11.9. The van der Waals surface area contributed by atoms with Gasteiger partial charge in [-0.1, -0.05) is 122 Å². The van der Waals surface area contributed by atoms with Crippen LogP contribution in [0.4, 0.5) is 0 Å². The lowest BCUT2D eigenvalue weighted by Gasteiger charge is -2.13. The summed E-state index contributed by atoms with van der Waals surface area (Å²) in [5.74, 6) is 2.37. The highest BCUT2D eigenvalue weighted by molar-refractivity contribution is 6.22. The van der Waals surface area contributed by atoms with Crippen molar-refractivity contribution < 1.29 is 4.42 Å². The molecule has 0 amide bonds. The van der Waals surface area contributed by atoms with Gasteiger partial charge in [0.05, 0.1) is 6.20 Å². The standard InChI is InChI=1S/C43H28N4O/c1-3-10-35-37(4-2)48-38-25-44-24-36(40(35)38)43-46-41(30-20-17-26-11-5-6-13-29(26)23-30)45-42(47-43)34-16-9-15-33-32(34)22-21-28-19-18-27-12-7-8-14-31(27)39(28)33/h3-25H,2H2,1H3/b10-3-. The molecule has 0 fully saturated rings. The molecule has 0 bridgehead atoms. The number of allylic oxidation sites excluding steroid dienone is 1. The van der Waals surface area contributed by atoms with E-state index in [0.29, 0.717) is 28.8 Å². The van der Waals surface area contributed by atoms with Crippen molar-refractivity contribution >= 4 is 66.2 Å². The van der Waals surface area contributed by atoms with E-state index in [9.17, 15) is 0 Å². The van der Waals surface area contributed by atoms with Gasteiger partial charge in [0.2, 0.25) is 0 Å². The lowest BCUT2D eigenvalue weighted by Crippen LogP contribution is -2.01. The van der Waals surface area contributed by atoms with E-state index in [2.05, 4.69) is 109 Å². The molecule has 6 aromatic carbocycles. The van der Waals surface area contributed by atoms with E-state index < -0.39 is 0 Å². The molecular formula is C43H28N4O. The molecule has 5 heteroatoms. The molecule has 9 rings (SSSR count). The third-order valence-corrected chi connectivity index (χ3v) is 9.08. The molecule has 226 valence electrons. The molecular weight excluding hydrogens is 589 g/mol. The van der Waals surface area contributed by atoms with Crippen LogP contribution in [0.3, 0.4) is 0 Å². The van der Waals surface area contributed by atoms with Crippen LogP contribution >= 0.6 is 0 Å². The van der Waals surface area contributed by atoms with Gasteiger partial charge in [-0.05, 0) is 62.2 Å². The van der Waals surface area contributed by atoms with Gasteiger partial charge in [-0.3, -0.25) is 4.98 Å². The Morgan fingerprint density at radius 1 is 0.583 bits per heavy atom. The first-order chi connectivity index (χ1) is 23.7. The van der Waals surface area contributed by atoms with Crippen molar-refractivity contribution in [2.45, 2.75) is 6.92 Å². The zero-order valence-electron chi connectivity index (χ0n) is 26.2. The molecule has 0 N–H and O–H groups in total. The highest BCUT2D eigenvalue weighted by Crippen LogP contribution is 2.39. The molecule has 5 nitrogen and oxygen atoms in total. The fraction of sp³-hybridized carbons (Fsp3) is 0.0233. The maximum Gasteiger partial charge on any atom is 0.166 e. The first-order valence-corrected chi connectivity index (χ1v) is 15.9. The van der Waals surface area contributed by atoms with Crippen LogP contribution in [-0.2, 0) is 0 Å². The molecule has 9 aromatic rings. The molecule has 3 aromatic heterocycles. The molecule has 0 atom stereocenters. The van der Waals surface area contributed by atoms with Gasteiger partial charge in [0, 0.05) is 33.8 Å². The second-order valence-electron chi connectivity index (χ2n) is 11.9. The molecule has 0 aliphatic heterocycles. The predicted octanol–water partition coefficient (Wildman–Crippen LogP) is 11.3.